The number of sulfonamides is 1. The van der Waals surface area contributed by atoms with Crippen molar-refractivity contribution in [3.63, 3.8) is 0 Å². The van der Waals surface area contributed by atoms with Crippen LogP contribution in [0.3, 0.4) is 0 Å². The highest BCUT2D eigenvalue weighted by atomic mass is 32.2. The van der Waals surface area contributed by atoms with Crippen LogP contribution in [0, 0.1) is 0 Å². The molecular weight excluding hydrogens is 476 g/mol. The molecule has 1 aromatic heterocycles. The van der Waals surface area contributed by atoms with Gasteiger partial charge in [0.1, 0.15) is 5.69 Å². The van der Waals surface area contributed by atoms with Crippen LogP contribution in [-0.2, 0) is 10.0 Å². The Morgan fingerprint density at radius 2 is 1.64 bits per heavy atom. The van der Waals surface area contributed by atoms with Gasteiger partial charge in [-0.15, -0.1) is 0 Å². The Morgan fingerprint density at radius 3 is 2.21 bits per heavy atom. The van der Waals surface area contributed by atoms with E-state index in [9.17, 15) is 13.6 Å². The van der Waals surface area contributed by atoms with Crippen molar-refractivity contribution in [2.75, 3.05) is 7.05 Å². The van der Waals surface area contributed by atoms with Crippen molar-refractivity contribution in [3.8, 4) is 28.1 Å². The minimum atomic E-state index is -3.78. The lowest BCUT2D eigenvalue weighted by atomic mass is 10.0. The van der Waals surface area contributed by atoms with Gasteiger partial charge in [-0.3, -0.25) is 5.21 Å². The monoisotopic (exact) mass is 496 g/mol. The fourth-order valence-corrected chi connectivity index (χ4v) is 4.59. The van der Waals surface area contributed by atoms with Gasteiger partial charge in [-0.25, -0.2) is 23.3 Å². The van der Waals surface area contributed by atoms with Crippen LogP contribution in [0.1, 0.15) is 0 Å². The Hall–Kier alpha value is -3.02. The summed E-state index contributed by atoms with van der Waals surface area (Å²) in [6, 6.07) is 23.8. The first kappa shape index (κ1) is 23.1. The molecule has 0 aliphatic rings. The number of benzene rings is 3. The quantitative estimate of drug-likeness (QED) is 0.237. The molecule has 10 heteroatoms. The van der Waals surface area contributed by atoms with Gasteiger partial charge in [0.25, 0.3) is 0 Å². The molecule has 0 spiro atoms. The number of nitrogens with two attached hydrogens (primary N) is 1. The standard InChI is InChI=1S/C23H20N4O3S3/c1-26(28)23(31)32-19-11-9-18(10-12-19)27-15-21(16-5-3-2-4-6-16)22(25-27)17-7-13-20(14-8-17)33(24,29)30/h2-15,28H,1H3,(H2,24,29,30). The summed E-state index contributed by atoms with van der Waals surface area (Å²) in [7, 11) is -2.29. The van der Waals surface area contributed by atoms with Crippen LogP contribution in [0.5, 0.6) is 0 Å². The van der Waals surface area contributed by atoms with Crippen LogP contribution in [0.25, 0.3) is 28.1 Å². The van der Waals surface area contributed by atoms with Crippen LogP contribution in [0.15, 0.2) is 94.9 Å². The summed E-state index contributed by atoms with van der Waals surface area (Å²) in [5.74, 6) is 0. The molecule has 4 rings (SSSR count). The van der Waals surface area contributed by atoms with E-state index in [2.05, 4.69) is 0 Å². The van der Waals surface area contributed by atoms with E-state index < -0.39 is 10.0 Å². The van der Waals surface area contributed by atoms with Gasteiger partial charge in [0.05, 0.1) is 10.6 Å². The number of hydrogen-bond acceptors (Lipinski definition) is 6. The maximum Gasteiger partial charge on any atom is 0.238 e. The molecule has 4 aromatic rings. The molecule has 0 bridgehead atoms. The Morgan fingerprint density at radius 1 is 1.00 bits per heavy atom. The number of primary sulfonamides is 1. The summed E-state index contributed by atoms with van der Waals surface area (Å²) in [6.45, 7) is 0. The molecule has 0 fully saturated rings. The Labute approximate surface area is 201 Å². The molecule has 0 unspecified atom stereocenters. The first-order chi connectivity index (χ1) is 15.7. The smallest absolute Gasteiger partial charge is 0.238 e. The lowest BCUT2D eigenvalue weighted by Crippen LogP contribution is -2.16. The largest absolute Gasteiger partial charge is 0.287 e. The molecule has 168 valence electrons. The topological polar surface area (TPSA) is 101 Å². The molecule has 1 heterocycles. The summed E-state index contributed by atoms with van der Waals surface area (Å²) in [5, 5.41) is 20.4. The number of hydrogen-bond donors (Lipinski definition) is 2. The van der Waals surface area contributed by atoms with Crippen molar-refractivity contribution in [1.82, 2.24) is 14.8 Å². The first-order valence-corrected chi connectivity index (χ1v) is 12.5. The molecular formula is C23H20N4O3S3. The van der Waals surface area contributed by atoms with Crippen molar-refractivity contribution in [1.29, 1.82) is 0 Å². The van der Waals surface area contributed by atoms with Crippen molar-refractivity contribution in [2.45, 2.75) is 9.79 Å². The minimum absolute atomic E-state index is 0.0477. The number of hydroxylamine groups is 2. The predicted molar refractivity (Wildman–Crippen MR) is 134 cm³/mol. The molecule has 0 saturated carbocycles. The summed E-state index contributed by atoms with van der Waals surface area (Å²) in [6.07, 6.45) is 1.94. The zero-order valence-corrected chi connectivity index (χ0v) is 19.9. The molecule has 0 aliphatic heterocycles. The molecule has 0 aliphatic carbocycles. The first-order valence-electron chi connectivity index (χ1n) is 9.75. The summed E-state index contributed by atoms with van der Waals surface area (Å²) in [4.78, 5) is 0.936. The van der Waals surface area contributed by atoms with Crippen LogP contribution in [0.2, 0.25) is 0 Å². The normalized spacial score (nSPS) is 11.4. The predicted octanol–water partition coefficient (Wildman–Crippen LogP) is 4.55. The summed E-state index contributed by atoms with van der Waals surface area (Å²) >= 11 is 6.40. The molecule has 0 radical (unpaired) electrons. The van der Waals surface area contributed by atoms with E-state index in [-0.39, 0.29) is 4.90 Å². The third-order valence-electron chi connectivity index (χ3n) is 4.83. The summed E-state index contributed by atoms with van der Waals surface area (Å²) in [5.41, 5.74) is 4.21. The number of thiocarbonyl (C=S) groups is 1. The van der Waals surface area contributed by atoms with Gasteiger partial charge in [0, 0.05) is 29.3 Å². The van der Waals surface area contributed by atoms with Gasteiger partial charge < -0.3 is 0 Å². The van der Waals surface area contributed by atoms with Gasteiger partial charge in [-0.2, -0.15) is 5.10 Å². The van der Waals surface area contributed by atoms with Gasteiger partial charge in [0.15, 0.2) is 4.32 Å². The number of aromatic nitrogens is 2. The second kappa shape index (κ2) is 9.46. The van der Waals surface area contributed by atoms with E-state index in [4.69, 9.17) is 22.5 Å². The zero-order chi connectivity index (χ0) is 23.6. The fourth-order valence-electron chi connectivity index (χ4n) is 3.18. The van der Waals surface area contributed by atoms with Crippen molar-refractivity contribution in [2.24, 2.45) is 5.14 Å². The average Bonchev–Trinajstić information content (AvgIpc) is 3.25. The Balaban J connectivity index is 1.74. The number of rotatable bonds is 5. The molecule has 33 heavy (non-hydrogen) atoms. The van der Waals surface area contributed by atoms with Crippen molar-refractivity contribution < 1.29 is 13.6 Å². The second-order valence-corrected chi connectivity index (χ2v) is 10.4. The molecule has 0 saturated heterocycles. The number of thioether (sulfide) groups is 1. The number of nitrogens with zero attached hydrogens (tertiary/aromatic N) is 3. The highest BCUT2D eigenvalue weighted by Gasteiger charge is 2.16. The molecule has 3 aromatic carbocycles. The van der Waals surface area contributed by atoms with Gasteiger partial charge >= 0.3 is 0 Å². The SMILES string of the molecule is CN(O)C(=S)Sc1ccc(-n2cc(-c3ccccc3)c(-c3ccc(S(N)(=O)=O)cc3)n2)cc1. The van der Waals surface area contributed by atoms with Gasteiger partial charge in [-0.1, -0.05) is 66.4 Å². The van der Waals surface area contributed by atoms with E-state index in [1.165, 1.54) is 30.9 Å². The van der Waals surface area contributed by atoms with E-state index in [0.29, 0.717) is 10.0 Å². The highest BCUT2D eigenvalue weighted by Crippen LogP contribution is 2.33. The van der Waals surface area contributed by atoms with Crippen LogP contribution in [0.4, 0.5) is 0 Å². The Kier molecular flexibility index (Phi) is 6.63. The second-order valence-electron chi connectivity index (χ2n) is 7.16. The third-order valence-corrected chi connectivity index (χ3v) is 7.22. The van der Waals surface area contributed by atoms with Crippen molar-refractivity contribution >= 4 is 38.3 Å². The minimum Gasteiger partial charge on any atom is -0.287 e. The zero-order valence-electron chi connectivity index (χ0n) is 17.5. The van der Waals surface area contributed by atoms with Crippen LogP contribution in [-0.4, -0.2) is 39.8 Å². The maximum absolute atomic E-state index is 11.6. The fraction of sp³-hybridized carbons (Fsp3) is 0.0435. The summed E-state index contributed by atoms with van der Waals surface area (Å²) < 4.78 is 25.4. The van der Waals surface area contributed by atoms with Crippen LogP contribution < -0.4 is 5.14 Å². The van der Waals surface area contributed by atoms with Gasteiger partial charge in [0.2, 0.25) is 10.0 Å². The van der Waals surface area contributed by atoms with E-state index in [1.54, 1.807) is 16.8 Å². The van der Waals surface area contributed by atoms with Crippen molar-refractivity contribution in [3.05, 3.63) is 85.1 Å². The van der Waals surface area contributed by atoms with E-state index in [1.807, 2.05) is 60.8 Å². The molecule has 7 nitrogen and oxygen atoms in total. The maximum atomic E-state index is 11.6. The molecule has 0 atom stereocenters. The highest BCUT2D eigenvalue weighted by molar-refractivity contribution is 8.22. The molecule has 3 N–H and O–H groups in total. The molecule has 0 amide bonds. The lowest BCUT2D eigenvalue weighted by molar-refractivity contribution is 0.0205. The van der Waals surface area contributed by atoms with Crippen LogP contribution >= 0.6 is 24.0 Å². The van der Waals surface area contributed by atoms with Gasteiger partial charge in [-0.05, 0) is 42.0 Å². The Bertz CT molecular complexity index is 1380. The average molecular weight is 497 g/mol. The third kappa shape index (κ3) is 5.32. The van der Waals surface area contributed by atoms with E-state index >= 15 is 0 Å². The lowest BCUT2D eigenvalue weighted by Gasteiger charge is -2.10. The van der Waals surface area contributed by atoms with E-state index in [0.717, 1.165) is 32.3 Å².